The monoisotopic (exact) mass is 313 g/mol. The maximum absolute atomic E-state index is 12.1. The molecule has 2 amide bonds. The fourth-order valence-electron chi connectivity index (χ4n) is 2.87. The Hall–Kier alpha value is -1.64. The van der Waals surface area contributed by atoms with E-state index in [2.05, 4.69) is 15.5 Å². The fourth-order valence-corrected chi connectivity index (χ4v) is 4.64. The van der Waals surface area contributed by atoms with Crippen LogP contribution in [0.15, 0.2) is 0 Å². The summed E-state index contributed by atoms with van der Waals surface area (Å²) in [5.74, 6) is 1.93. The summed E-state index contributed by atoms with van der Waals surface area (Å²) >= 11 is 0. The zero-order valence-corrected chi connectivity index (χ0v) is 12.8. The zero-order valence-electron chi connectivity index (χ0n) is 11.9. The zero-order chi connectivity index (χ0) is 15.0. The molecule has 1 aromatic rings. The third-order valence-electron chi connectivity index (χ3n) is 4.16. The molecule has 116 valence electrons. The number of aromatic nitrogens is 3. The van der Waals surface area contributed by atoms with E-state index >= 15 is 0 Å². The lowest BCUT2D eigenvalue weighted by atomic mass is 10.2. The Morgan fingerprint density at radius 1 is 1.48 bits per heavy atom. The molecule has 1 atom stereocenters. The molecule has 3 rings (SSSR count). The largest absolute Gasteiger partial charge is 0.331 e. The van der Waals surface area contributed by atoms with Crippen molar-refractivity contribution in [3.63, 3.8) is 0 Å². The van der Waals surface area contributed by atoms with Crippen molar-refractivity contribution in [1.29, 1.82) is 0 Å². The number of fused-ring (bicyclic) bond motifs is 1. The molecule has 0 saturated carbocycles. The highest BCUT2D eigenvalue weighted by Crippen LogP contribution is 2.17. The van der Waals surface area contributed by atoms with Crippen LogP contribution in [-0.4, -0.2) is 58.7 Å². The van der Waals surface area contributed by atoms with Crippen molar-refractivity contribution in [2.75, 3.05) is 18.6 Å². The predicted molar refractivity (Wildman–Crippen MR) is 75.4 cm³/mol. The number of sulfone groups is 1. The molecule has 0 unspecified atom stereocenters. The number of carbonyl (C=O) groups excluding carboxylic acids is 1. The van der Waals surface area contributed by atoms with E-state index in [4.69, 9.17) is 0 Å². The van der Waals surface area contributed by atoms with Gasteiger partial charge < -0.3 is 14.8 Å². The molecule has 0 spiro atoms. The molecule has 1 fully saturated rings. The van der Waals surface area contributed by atoms with Gasteiger partial charge in [0.15, 0.2) is 15.7 Å². The maximum Gasteiger partial charge on any atom is 0.317 e. The van der Waals surface area contributed by atoms with Crippen molar-refractivity contribution in [2.24, 2.45) is 0 Å². The van der Waals surface area contributed by atoms with E-state index in [1.807, 2.05) is 4.57 Å². The molecule has 2 aliphatic rings. The molecule has 8 nitrogen and oxygen atoms in total. The van der Waals surface area contributed by atoms with Crippen LogP contribution in [0.5, 0.6) is 0 Å². The standard InChI is InChI=1S/C12H19N5O3S/c1-16(9-4-6-21(19,20)8-9)12(18)13-7-11-15-14-10-3-2-5-17(10)11/h9H,2-8H2,1H3,(H,13,18)/t9-/m0/s1. The Morgan fingerprint density at radius 3 is 3.00 bits per heavy atom. The number of aryl methyl sites for hydroxylation is 1. The molecule has 2 aliphatic heterocycles. The fraction of sp³-hybridized carbons (Fsp3) is 0.750. The lowest BCUT2D eigenvalue weighted by Gasteiger charge is -2.23. The molecule has 1 aromatic heterocycles. The Bertz CT molecular complexity index is 654. The van der Waals surface area contributed by atoms with Crippen LogP contribution >= 0.6 is 0 Å². The number of amides is 2. The molecule has 1 N–H and O–H groups in total. The average Bonchev–Trinajstić information content (AvgIpc) is 3.10. The molecule has 21 heavy (non-hydrogen) atoms. The van der Waals surface area contributed by atoms with Crippen LogP contribution in [0.2, 0.25) is 0 Å². The summed E-state index contributed by atoms with van der Waals surface area (Å²) in [4.78, 5) is 13.6. The van der Waals surface area contributed by atoms with E-state index in [0.717, 1.165) is 31.0 Å². The third-order valence-corrected chi connectivity index (χ3v) is 5.91. The number of urea groups is 1. The van der Waals surface area contributed by atoms with Crippen LogP contribution in [0.1, 0.15) is 24.5 Å². The minimum Gasteiger partial charge on any atom is -0.331 e. The first kappa shape index (κ1) is 14.3. The molecule has 1 saturated heterocycles. The van der Waals surface area contributed by atoms with Gasteiger partial charge in [-0.2, -0.15) is 0 Å². The smallest absolute Gasteiger partial charge is 0.317 e. The van der Waals surface area contributed by atoms with Gasteiger partial charge in [-0.3, -0.25) is 0 Å². The van der Waals surface area contributed by atoms with Gasteiger partial charge in [-0.1, -0.05) is 0 Å². The summed E-state index contributed by atoms with van der Waals surface area (Å²) in [6.07, 6.45) is 2.50. The van der Waals surface area contributed by atoms with Crippen LogP contribution in [0.4, 0.5) is 4.79 Å². The maximum atomic E-state index is 12.1. The van der Waals surface area contributed by atoms with Crippen molar-refractivity contribution in [3.8, 4) is 0 Å². The average molecular weight is 313 g/mol. The number of nitrogens with one attached hydrogen (secondary N) is 1. The SMILES string of the molecule is CN(C(=O)NCc1nnc2n1CCC2)[C@H]1CCS(=O)(=O)C1. The lowest BCUT2D eigenvalue weighted by Crippen LogP contribution is -2.44. The van der Waals surface area contributed by atoms with E-state index in [1.54, 1.807) is 7.05 Å². The van der Waals surface area contributed by atoms with Crippen LogP contribution < -0.4 is 5.32 Å². The Kier molecular flexibility index (Phi) is 3.60. The number of hydrogen-bond acceptors (Lipinski definition) is 5. The van der Waals surface area contributed by atoms with Crippen molar-refractivity contribution in [2.45, 2.75) is 38.4 Å². The molecule has 9 heteroatoms. The number of rotatable bonds is 3. The number of carbonyl (C=O) groups is 1. The van der Waals surface area contributed by atoms with Gasteiger partial charge in [0.25, 0.3) is 0 Å². The van der Waals surface area contributed by atoms with Crippen LogP contribution in [-0.2, 0) is 29.3 Å². The van der Waals surface area contributed by atoms with Gasteiger partial charge in [0.1, 0.15) is 5.82 Å². The third kappa shape index (κ3) is 2.87. The molecule has 0 radical (unpaired) electrons. The second kappa shape index (κ2) is 5.28. The Morgan fingerprint density at radius 2 is 2.29 bits per heavy atom. The first-order valence-electron chi connectivity index (χ1n) is 7.08. The van der Waals surface area contributed by atoms with Crippen LogP contribution in [0.3, 0.4) is 0 Å². The summed E-state index contributed by atoms with van der Waals surface area (Å²) in [6.45, 7) is 1.21. The van der Waals surface area contributed by atoms with Gasteiger partial charge in [0.05, 0.1) is 18.1 Å². The summed E-state index contributed by atoms with van der Waals surface area (Å²) < 4.78 is 24.9. The summed E-state index contributed by atoms with van der Waals surface area (Å²) in [5, 5.41) is 10.9. The minimum atomic E-state index is -2.99. The molecular weight excluding hydrogens is 294 g/mol. The highest BCUT2D eigenvalue weighted by Gasteiger charge is 2.32. The number of hydrogen-bond donors (Lipinski definition) is 1. The topological polar surface area (TPSA) is 97.2 Å². The van der Waals surface area contributed by atoms with Gasteiger partial charge in [-0.25, -0.2) is 13.2 Å². The van der Waals surface area contributed by atoms with Crippen molar-refractivity contribution < 1.29 is 13.2 Å². The summed E-state index contributed by atoms with van der Waals surface area (Å²) in [5.41, 5.74) is 0. The van der Waals surface area contributed by atoms with Crippen molar-refractivity contribution >= 4 is 15.9 Å². The Labute approximate surface area is 123 Å². The van der Waals surface area contributed by atoms with E-state index in [1.165, 1.54) is 4.90 Å². The molecule has 0 bridgehead atoms. The molecular formula is C12H19N5O3S. The molecule has 3 heterocycles. The van der Waals surface area contributed by atoms with E-state index in [0.29, 0.717) is 13.0 Å². The highest BCUT2D eigenvalue weighted by molar-refractivity contribution is 7.91. The van der Waals surface area contributed by atoms with Gasteiger partial charge in [-0.05, 0) is 12.8 Å². The first-order chi connectivity index (χ1) is 9.96. The van der Waals surface area contributed by atoms with Crippen molar-refractivity contribution in [1.82, 2.24) is 25.0 Å². The van der Waals surface area contributed by atoms with E-state index in [9.17, 15) is 13.2 Å². The highest BCUT2D eigenvalue weighted by atomic mass is 32.2. The summed E-state index contributed by atoms with van der Waals surface area (Å²) in [7, 11) is -1.35. The van der Waals surface area contributed by atoms with Crippen molar-refractivity contribution in [3.05, 3.63) is 11.6 Å². The normalized spacial score (nSPS) is 23.0. The van der Waals surface area contributed by atoms with E-state index < -0.39 is 9.84 Å². The second-order valence-corrected chi connectivity index (χ2v) is 7.84. The predicted octanol–water partition coefficient (Wildman–Crippen LogP) is -0.447. The minimum absolute atomic E-state index is 0.0528. The Balaban J connectivity index is 1.56. The van der Waals surface area contributed by atoms with Crippen LogP contribution in [0, 0.1) is 0 Å². The number of nitrogens with zero attached hydrogens (tertiary/aromatic N) is 4. The quantitative estimate of drug-likeness (QED) is 0.815. The van der Waals surface area contributed by atoms with Gasteiger partial charge in [0.2, 0.25) is 0 Å². The lowest BCUT2D eigenvalue weighted by molar-refractivity contribution is 0.194. The molecule has 0 aromatic carbocycles. The van der Waals surface area contributed by atoms with E-state index in [-0.39, 0.29) is 23.6 Å². The summed E-state index contributed by atoms with van der Waals surface area (Å²) in [6, 6.07) is -0.508. The van der Waals surface area contributed by atoms with Gasteiger partial charge in [-0.15, -0.1) is 10.2 Å². The van der Waals surface area contributed by atoms with Crippen LogP contribution in [0.25, 0.3) is 0 Å². The second-order valence-electron chi connectivity index (χ2n) is 5.61. The van der Waals surface area contributed by atoms with Gasteiger partial charge in [0, 0.05) is 26.1 Å². The first-order valence-corrected chi connectivity index (χ1v) is 8.90. The molecule has 0 aliphatic carbocycles. The van der Waals surface area contributed by atoms with Gasteiger partial charge >= 0.3 is 6.03 Å².